The van der Waals surface area contributed by atoms with Gasteiger partial charge in [-0.1, -0.05) is 11.6 Å². The second-order valence-corrected chi connectivity index (χ2v) is 4.39. The van der Waals surface area contributed by atoms with E-state index in [2.05, 4.69) is 10.3 Å². The van der Waals surface area contributed by atoms with E-state index in [0.717, 1.165) is 0 Å². The zero-order valence-electron chi connectivity index (χ0n) is 9.76. The molecule has 0 aliphatic heterocycles. The van der Waals surface area contributed by atoms with Gasteiger partial charge in [-0.2, -0.15) is 0 Å². The number of amides is 1. The van der Waals surface area contributed by atoms with Crippen molar-refractivity contribution in [3.05, 3.63) is 59.4 Å². The van der Waals surface area contributed by atoms with E-state index in [1.165, 1.54) is 0 Å². The van der Waals surface area contributed by atoms with Gasteiger partial charge in [-0.25, -0.2) is 0 Å². The van der Waals surface area contributed by atoms with E-state index in [-0.39, 0.29) is 11.7 Å². The molecule has 1 aromatic carbocycles. The first-order chi connectivity index (χ1) is 9.22. The zero-order valence-corrected chi connectivity index (χ0v) is 10.5. The Morgan fingerprint density at radius 2 is 2.00 bits per heavy atom. The monoisotopic (exact) mass is 272 g/mol. The molecule has 1 N–H and O–H groups in total. The Morgan fingerprint density at radius 3 is 2.74 bits per heavy atom. The molecule has 3 aromatic rings. The summed E-state index contributed by atoms with van der Waals surface area (Å²) in [6.45, 7) is 0. The molecule has 0 atom stereocenters. The molecular weight excluding hydrogens is 264 g/mol. The molecule has 0 radical (unpaired) electrons. The van der Waals surface area contributed by atoms with Gasteiger partial charge in [0.25, 0.3) is 5.91 Å². The van der Waals surface area contributed by atoms with Gasteiger partial charge in [-0.15, -0.1) is 0 Å². The number of carbonyl (C=O) groups excluding carboxylic acids is 1. The van der Waals surface area contributed by atoms with Crippen molar-refractivity contribution in [1.82, 2.24) is 4.98 Å². The predicted molar refractivity (Wildman–Crippen MR) is 73.4 cm³/mol. The first-order valence-electron chi connectivity index (χ1n) is 5.64. The van der Waals surface area contributed by atoms with E-state index in [0.29, 0.717) is 21.8 Å². The highest BCUT2D eigenvalue weighted by Crippen LogP contribution is 2.19. The second-order valence-electron chi connectivity index (χ2n) is 3.96. The number of hydrogen-bond acceptors (Lipinski definition) is 3. The van der Waals surface area contributed by atoms with Crippen molar-refractivity contribution in [1.29, 1.82) is 0 Å². The van der Waals surface area contributed by atoms with Gasteiger partial charge in [-0.3, -0.25) is 9.78 Å². The van der Waals surface area contributed by atoms with Gasteiger partial charge in [0.2, 0.25) is 0 Å². The summed E-state index contributed by atoms with van der Waals surface area (Å²) >= 11 is 5.78. The molecule has 2 heterocycles. The van der Waals surface area contributed by atoms with Gasteiger partial charge in [0.15, 0.2) is 11.3 Å². The van der Waals surface area contributed by atoms with E-state index in [1.54, 1.807) is 48.7 Å². The molecule has 0 fully saturated rings. The molecule has 2 aromatic heterocycles. The number of halogens is 1. The van der Waals surface area contributed by atoms with Gasteiger partial charge in [0.1, 0.15) is 5.52 Å². The van der Waals surface area contributed by atoms with E-state index in [4.69, 9.17) is 16.0 Å². The number of furan rings is 1. The number of aromatic nitrogens is 1. The lowest BCUT2D eigenvalue weighted by molar-refractivity contribution is 0.0998. The van der Waals surface area contributed by atoms with Crippen molar-refractivity contribution in [3.63, 3.8) is 0 Å². The number of carbonyl (C=O) groups is 1. The van der Waals surface area contributed by atoms with Crippen molar-refractivity contribution < 1.29 is 9.21 Å². The van der Waals surface area contributed by atoms with Gasteiger partial charge < -0.3 is 9.73 Å². The highest BCUT2D eigenvalue weighted by atomic mass is 35.5. The number of pyridine rings is 1. The van der Waals surface area contributed by atoms with Crippen molar-refractivity contribution in [2.45, 2.75) is 0 Å². The SMILES string of the molecule is O=C(Nc1ccc(Cl)cc1)c1cc2ncccc2o1. The molecule has 0 saturated carbocycles. The first kappa shape index (κ1) is 11.7. The van der Waals surface area contributed by atoms with Crippen LogP contribution >= 0.6 is 11.6 Å². The fourth-order valence-corrected chi connectivity index (χ4v) is 1.83. The topological polar surface area (TPSA) is 55.1 Å². The zero-order chi connectivity index (χ0) is 13.2. The van der Waals surface area contributed by atoms with Crippen LogP contribution < -0.4 is 5.32 Å². The molecule has 0 spiro atoms. The average molecular weight is 273 g/mol. The average Bonchev–Trinajstić information content (AvgIpc) is 2.85. The number of nitrogens with one attached hydrogen (secondary N) is 1. The van der Waals surface area contributed by atoms with Crippen LogP contribution in [0.15, 0.2) is 53.1 Å². The third kappa shape index (κ3) is 2.44. The Balaban J connectivity index is 1.85. The van der Waals surface area contributed by atoms with Gasteiger partial charge in [0, 0.05) is 23.0 Å². The minimum atomic E-state index is -0.319. The molecule has 5 heteroatoms. The number of fused-ring (bicyclic) bond motifs is 1. The summed E-state index contributed by atoms with van der Waals surface area (Å²) in [7, 11) is 0. The molecule has 0 aliphatic carbocycles. The summed E-state index contributed by atoms with van der Waals surface area (Å²) in [5, 5.41) is 3.34. The molecule has 0 saturated heterocycles. The van der Waals surface area contributed by atoms with Crippen LogP contribution in [0.5, 0.6) is 0 Å². The van der Waals surface area contributed by atoms with Crippen LogP contribution in [0.1, 0.15) is 10.6 Å². The van der Waals surface area contributed by atoms with Gasteiger partial charge >= 0.3 is 0 Å². The summed E-state index contributed by atoms with van der Waals surface area (Å²) in [5.74, 6) is -0.0935. The van der Waals surface area contributed by atoms with Crippen molar-refractivity contribution in [2.24, 2.45) is 0 Å². The van der Waals surface area contributed by atoms with Crippen LogP contribution in [-0.4, -0.2) is 10.9 Å². The largest absolute Gasteiger partial charge is 0.449 e. The maximum Gasteiger partial charge on any atom is 0.291 e. The maximum atomic E-state index is 12.0. The van der Waals surface area contributed by atoms with Gasteiger partial charge in [0.05, 0.1) is 0 Å². The molecule has 1 amide bonds. The molecule has 3 rings (SSSR count). The van der Waals surface area contributed by atoms with E-state index in [1.807, 2.05) is 0 Å². The van der Waals surface area contributed by atoms with Gasteiger partial charge in [-0.05, 0) is 36.4 Å². The van der Waals surface area contributed by atoms with E-state index in [9.17, 15) is 4.79 Å². The summed E-state index contributed by atoms with van der Waals surface area (Å²) in [5.41, 5.74) is 1.90. The Hall–Kier alpha value is -2.33. The molecule has 94 valence electrons. The predicted octanol–water partition coefficient (Wildman–Crippen LogP) is 3.73. The van der Waals surface area contributed by atoms with E-state index < -0.39 is 0 Å². The Bertz CT molecular complexity index is 702. The highest BCUT2D eigenvalue weighted by molar-refractivity contribution is 6.30. The molecule has 0 aliphatic rings. The van der Waals surface area contributed by atoms with Crippen molar-refractivity contribution in [2.75, 3.05) is 5.32 Å². The number of rotatable bonds is 2. The Morgan fingerprint density at radius 1 is 1.21 bits per heavy atom. The minimum absolute atomic E-state index is 0.226. The Kier molecular flexibility index (Phi) is 2.93. The number of anilines is 1. The Labute approximate surface area is 114 Å². The van der Waals surface area contributed by atoms with Crippen LogP contribution in [0, 0.1) is 0 Å². The summed E-state index contributed by atoms with van der Waals surface area (Å²) in [6, 6.07) is 12.0. The fourth-order valence-electron chi connectivity index (χ4n) is 1.71. The highest BCUT2D eigenvalue weighted by Gasteiger charge is 2.12. The summed E-state index contributed by atoms with van der Waals surface area (Å²) in [4.78, 5) is 16.1. The van der Waals surface area contributed by atoms with Crippen molar-refractivity contribution in [3.8, 4) is 0 Å². The smallest absolute Gasteiger partial charge is 0.291 e. The number of nitrogens with zero attached hydrogens (tertiary/aromatic N) is 1. The fraction of sp³-hybridized carbons (Fsp3) is 0. The lowest BCUT2D eigenvalue weighted by atomic mass is 10.3. The molecule has 0 unspecified atom stereocenters. The quantitative estimate of drug-likeness (QED) is 0.773. The minimum Gasteiger partial charge on any atom is -0.449 e. The van der Waals surface area contributed by atoms with Crippen LogP contribution in [0.25, 0.3) is 11.1 Å². The third-order valence-corrected chi connectivity index (χ3v) is 2.87. The lowest BCUT2D eigenvalue weighted by Gasteiger charge is -2.02. The number of benzene rings is 1. The summed E-state index contributed by atoms with van der Waals surface area (Å²) in [6.07, 6.45) is 1.65. The maximum absolute atomic E-state index is 12.0. The molecular formula is C14H9ClN2O2. The van der Waals surface area contributed by atoms with Crippen LogP contribution in [-0.2, 0) is 0 Å². The molecule has 19 heavy (non-hydrogen) atoms. The molecule has 0 bridgehead atoms. The first-order valence-corrected chi connectivity index (χ1v) is 6.02. The standard InChI is InChI=1S/C14H9ClN2O2/c15-9-3-5-10(6-4-9)17-14(18)13-8-11-12(19-13)2-1-7-16-11/h1-8H,(H,17,18). The lowest BCUT2D eigenvalue weighted by Crippen LogP contribution is -2.10. The van der Waals surface area contributed by atoms with E-state index >= 15 is 0 Å². The van der Waals surface area contributed by atoms with Crippen molar-refractivity contribution >= 4 is 34.3 Å². The molecule has 4 nitrogen and oxygen atoms in total. The normalized spacial score (nSPS) is 10.6. The third-order valence-electron chi connectivity index (χ3n) is 2.61. The van der Waals surface area contributed by atoms with Crippen LogP contribution in [0.3, 0.4) is 0 Å². The van der Waals surface area contributed by atoms with Crippen LogP contribution in [0.4, 0.5) is 5.69 Å². The number of hydrogen-bond donors (Lipinski definition) is 1. The van der Waals surface area contributed by atoms with Crippen LogP contribution in [0.2, 0.25) is 5.02 Å². The summed E-state index contributed by atoms with van der Waals surface area (Å²) < 4.78 is 5.43. The second kappa shape index (κ2) is 4.74.